The Labute approximate surface area is 102 Å². The number of carbonyl (C=O) groups excluding carboxylic acids is 1. The average molecular weight is 234 g/mol. The highest BCUT2D eigenvalue weighted by Gasteiger charge is 2.20. The van der Waals surface area contributed by atoms with Gasteiger partial charge in [-0.05, 0) is 37.1 Å². The lowest BCUT2D eigenvalue weighted by atomic mass is 9.86. The molecule has 1 aliphatic rings. The Morgan fingerprint density at radius 2 is 1.47 bits per heavy atom. The van der Waals surface area contributed by atoms with Crippen molar-refractivity contribution in [3.05, 3.63) is 35.6 Å². The Balaban J connectivity index is 2.04. The van der Waals surface area contributed by atoms with Crippen LogP contribution in [0.25, 0.3) is 0 Å². The molecule has 1 fully saturated rings. The molecule has 0 aliphatic heterocycles. The molecule has 1 aromatic rings. The van der Waals surface area contributed by atoms with Crippen LogP contribution in [-0.4, -0.2) is 5.78 Å². The van der Waals surface area contributed by atoms with Crippen molar-refractivity contribution in [2.24, 2.45) is 5.92 Å². The van der Waals surface area contributed by atoms with E-state index in [1.807, 2.05) is 0 Å². The standard InChI is InChI=1S/C15H19FO/c16-14-10-8-13(9-11-14)15(17)12-6-4-2-1-3-5-7-12/h8-12H,1-7H2. The Morgan fingerprint density at radius 1 is 0.941 bits per heavy atom. The molecule has 0 radical (unpaired) electrons. The molecule has 92 valence electrons. The van der Waals surface area contributed by atoms with Crippen molar-refractivity contribution in [2.45, 2.75) is 44.9 Å². The summed E-state index contributed by atoms with van der Waals surface area (Å²) in [6.45, 7) is 0. The van der Waals surface area contributed by atoms with Crippen LogP contribution in [0, 0.1) is 11.7 Å². The number of benzene rings is 1. The first-order valence-corrected chi connectivity index (χ1v) is 6.57. The van der Waals surface area contributed by atoms with E-state index in [4.69, 9.17) is 0 Å². The zero-order valence-electron chi connectivity index (χ0n) is 10.1. The molecule has 1 aromatic carbocycles. The zero-order chi connectivity index (χ0) is 12.1. The molecular weight excluding hydrogens is 215 g/mol. The van der Waals surface area contributed by atoms with Gasteiger partial charge in [0, 0.05) is 11.5 Å². The van der Waals surface area contributed by atoms with Gasteiger partial charge < -0.3 is 0 Å². The second kappa shape index (κ2) is 5.95. The Morgan fingerprint density at radius 3 is 2.06 bits per heavy atom. The third-order valence-electron chi connectivity index (χ3n) is 3.60. The van der Waals surface area contributed by atoms with Crippen LogP contribution >= 0.6 is 0 Å². The smallest absolute Gasteiger partial charge is 0.165 e. The lowest BCUT2D eigenvalue weighted by molar-refractivity contribution is 0.0898. The second-order valence-electron chi connectivity index (χ2n) is 4.91. The van der Waals surface area contributed by atoms with Crippen molar-refractivity contribution in [3.8, 4) is 0 Å². The topological polar surface area (TPSA) is 17.1 Å². The van der Waals surface area contributed by atoms with E-state index >= 15 is 0 Å². The third kappa shape index (κ3) is 3.39. The molecule has 17 heavy (non-hydrogen) atoms. The molecule has 1 aliphatic carbocycles. The van der Waals surface area contributed by atoms with Gasteiger partial charge in [0.2, 0.25) is 0 Å². The van der Waals surface area contributed by atoms with E-state index in [2.05, 4.69) is 0 Å². The fraction of sp³-hybridized carbons (Fsp3) is 0.533. The summed E-state index contributed by atoms with van der Waals surface area (Å²) in [5, 5.41) is 0. The van der Waals surface area contributed by atoms with Crippen LogP contribution in [0.2, 0.25) is 0 Å². The summed E-state index contributed by atoms with van der Waals surface area (Å²) in [7, 11) is 0. The van der Waals surface area contributed by atoms with E-state index in [0.29, 0.717) is 5.56 Å². The Bertz CT molecular complexity index is 361. The van der Waals surface area contributed by atoms with E-state index in [9.17, 15) is 9.18 Å². The number of rotatable bonds is 2. The summed E-state index contributed by atoms with van der Waals surface area (Å²) >= 11 is 0. The SMILES string of the molecule is O=C(c1ccc(F)cc1)C1CCCCCCC1. The van der Waals surface area contributed by atoms with E-state index in [-0.39, 0.29) is 17.5 Å². The van der Waals surface area contributed by atoms with Gasteiger partial charge in [-0.15, -0.1) is 0 Å². The highest BCUT2D eigenvalue weighted by Crippen LogP contribution is 2.25. The van der Waals surface area contributed by atoms with Gasteiger partial charge in [0.05, 0.1) is 0 Å². The van der Waals surface area contributed by atoms with Crippen LogP contribution in [0.15, 0.2) is 24.3 Å². The molecule has 0 spiro atoms. The van der Waals surface area contributed by atoms with Gasteiger partial charge in [-0.2, -0.15) is 0 Å². The highest BCUT2D eigenvalue weighted by molar-refractivity contribution is 5.97. The molecule has 0 N–H and O–H groups in total. The third-order valence-corrected chi connectivity index (χ3v) is 3.60. The largest absolute Gasteiger partial charge is 0.294 e. The van der Waals surface area contributed by atoms with Crippen molar-refractivity contribution in [3.63, 3.8) is 0 Å². The van der Waals surface area contributed by atoms with Crippen molar-refractivity contribution in [1.82, 2.24) is 0 Å². The van der Waals surface area contributed by atoms with Crippen LogP contribution in [0.5, 0.6) is 0 Å². The minimum Gasteiger partial charge on any atom is -0.294 e. The summed E-state index contributed by atoms with van der Waals surface area (Å²) < 4.78 is 12.8. The normalized spacial score (nSPS) is 18.4. The van der Waals surface area contributed by atoms with Crippen molar-refractivity contribution < 1.29 is 9.18 Å². The Kier molecular flexibility index (Phi) is 4.29. The molecule has 0 heterocycles. The van der Waals surface area contributed by atoms with Crippen LogP contribution in [0.1, 0.15) is 55.3 Å². The average Bonchev–Trinajstić information content (AvgIpc) is 2.29. The van der Waals surface area contributed by atoms with Crippen LogP contribution in [-0.2, 0) is 0 Å². The summed E-state index contributed by atoms with van der Waals surface area (Å²) in [4.78, 5) is 12.3. The number of ketones is 1. The summed E-state index contributed by atoms with van der Waals surface area (Å²) in [6, 6.07) is 5.96. The molecule has 0 bridgehead atoms. The van der Waals surface area contributed by atoms with Gasteiger partial charge in [-0.25, -0.2) is 4.39 Å². The van der Waals surface area contributed by atoms with Crippen LogP contribution < -0.4 is 0 Å². The van der Waals surface area contributed by atoms with Gasteiger partial charge >= 0.3 is 0 Å². The predicted octanol–water partition coefficient (Wildman–Crippen LogP) is 4.37. The first-order valence-electron chi connectivity index (χ1n) is 6.57. The number of Topliss-reactive ketones (excluding diaryl/α,β-unsaturated/α-hetero) is 1. The van der Waals surface area contributed by atoms with Crippen molar-refractivity contribution in [1.29, 1.82) is 0 Å². The number of hydrogen-bond acceptors (Lipinski definition) is 1. The van der Waals surface area contributed by atoms with Gasteiger partial charge in [0.1, 0.15) is 5.82 Å². The predicted molar refractivity (Wildman–Crippen MR) is 66.5 cm³/mol. The lowest BCUT2D eigenvalue weighted by Gasteiger charge is -2.18. The maximum atomic E-state index is 12.8. The van der Waals surface area contributed by atoms with E-state index < -0.39 is 0 Å². The molecule has 0 aromatic heterocycles. The molecule has 2 rings (SSSR count). The first-order chi connectivity index (χ1) is 8.27. The van der Waals surface area contributed by atoms with Gasteiger partial charge in [-0.3, -0.25) is 4.79 Å². The molecule has 0 unspecified atom stereocenters. The van der Waals surface area contributed by atoms with E-state index in [0.717, 1.165) is 25.7 Å². The maximum Gasteiger partial charge on any atom is 0.165 e. The molecule has 1 saturated carbocycles. The molecular formula is C15H19FO. The number of halogens is 1. The molecule has 2 heteroatoms. The van der Waals surface area contributed by atoms with E-state index in [1.54, 1.807) is 12.1 Å². The fourth-order valence-corrected chi connectivity index (χ4v) is 2.57. The van der Waals surface area contributed by atoms with Gasteiger partial charge in [0.15, 0.2) is 5.78 Å². The Hall–Kier alpha value is -1.18. The number of carbonyl (C=O) groups is 1. The van der Waals surface area contributed by atoms with Crippen molar-refractivity contribution >= 4 is 5.78 Å². The monoisotopic (exact) mass is 234 g/mol. The molecule has 0 amide bonds. The maximum absolute atomic E-state index is 12.8. The quantitative estimate of drug-likeness (QED) is 0.694. The summed E-state index contributed by atoms with van der Waals surface area (Å²) in [5.41, 5.74) is 0.664. The van der Waals surface area contributed by atoms with Crippen molar-refractivity contribution in [2.75, 3.05) is 0 Å². The molecule has 1 nitrogen and oxygen atoms in total. The minimum atomic E-state index is -0.279. The van der Waals surface area contributed by atoms with Gasteiger partial charge in [0.25, 0.3) is 0 Å². The fourth-order valence-electron chi connectivity index (χ4n) is 2.57. The zero-order valence-corrected chi connectivity index (χ0v) is 10.1. The molecule has 0 atom stereocenters. The summed E-state index contributed by atoms with van der Waals surface area (Å²) in [6.07, 6.45) is 8.08. The van der Waals surface area contributed by atoms with E-state index in [1.165, 1.54) is 31.4 Å². The van der Waals surface area contributed by atoms with Crippen LogP contribution in [0.4, 0.5) is 4.39 Å². The first kappa shape index (κ1) is 12.3. The number of hydrogen-bond donors (Lipinski definition) is 0. The second-order valence-corrected chi connectivity index (χ2v) is 4.91. The van der Waals surface area contributed by atoms with Crippen LogP contribution in [0.3, 0.4) is 0 Å². The lowest BCUT2D eigenvalue weighted by Crippen LogP contribution is -2.16. The van der Waals surface area contributed by atoms with Gasteiger partial charge in [-0.1, -0.05) is 32.1 Å². The highest BCUT2D eigenvalue weighted by atomic mass is 19.1. The molecule has 0 saturated heterocycles. The summed E-state index contributed by atoms with van der Waals surface area (Å²) in [5.74, 6) is 0.0758. The minimum absolute atomic E-state index is 0.153.